The third kappa shape index (κ3) is 30.2. The van der Waals surface area contributed by atoms with E-state index >= 15 is 0 Å². The number of alkyl halides is 6. The number of methoxy groups -OCH3 is 4. The van der Waals surface area contributed by atoms with Gasteiger partial charge in [-0.05, 0) is 97.2 Å². The predicted octanol–water partition coefficient (Wildman–Crippen LogP) is 4.68. The number of rotatable bonds is 25. The van der Waals surface area contributed by atoms with Crippen molar-refractivity contribution < 1.29 is 119 Å². The Morgan fingerprint density at radius 1 is 0.736 bits per heavy atom. The second-order valence-corrected chi connectivity index (χ2v) is 30.8. The highest BCUT2D eigenvalue weighted by molar-refractivity contribution is 7.94. The molecule has 4 amide bonds. The normalized spacial score (nSPS) is 12.2. The maximum atomic E-state index is 13.1. The number of nitrogens with zero attached hydrogens (tertiary/aromatic N) is 8. The zero-order valence-electron chi connectivity index (χ0n) is 58.2. The number of halogens is 6. The van der Waals surface area contributed by atoms with Gasteiger partial charge in [-0.1, -0.05) is 44.2 Å². The molecule has 106 heavy (non-hydrogen) atoms. The van der Waals surface area contributed by atoms with Crippen LogP contribution in [0.1, 0.15) is 55.4 Å². The number of aliphatic carboxylic acids is 1. The van der Waals surface area contributed by atoms with Gasteiger partial charge < -0.3 is 47.9 Å². The third-order valence-electron chi connectivity index (χ3n) is 12.6. The van der Waals surface area contributed by atoms with E-state index in [1.165, 1.54) is 96.9 Å². The predicted molar refractivity (Wildman–Crippen MR) is 368 cm³/mol. The molecule has 7 aromatic rings. The Kier molecular flexibility index (Phi) is 34.4. The lowest BCUT2D eigenvalue weighted by molar-refractivity contribution is -0.193. The van der Waals surface area contributed by atoms with Crippen LogP contribution in [0, 0.1) is 6.92 Å². The number of hydrogen-bond donors (Lipinski definition) is 7. The SMILES string of the molecule is CCS(=O)(=O)c1cccnc1S(=O)(=O)NC(=O)Nc1nc(OC)cc(OC)n1.CCc1ccc(COc2ccc(-n3c(=O)cc(C(F)(F)F)n(C)c3=O)cc2)c(OC(C)C(=O)OC)c1.COc1nc(C)nc(NC(=O)NS(=O)(=O)c2ccccc2CCC(F)(F)F)n1.C[S+](C)C.O=C(O)CNCP(=O)([O-])O. The van der Waals surface area contributed by atoms with E-state index in [9.17, 15) is 89.8 Å². The average molecular weight is 1600 g/mol. The van der Waals surface area contributed by atoms with Gasteiger partial charge in [0.25, 0.3) is 25.6 Å². The highest BCUT2D eigenvalue weighted by Crippen LogP contribution is 2.30. The Hall–Kier alpha value is -10.1. The molecule has 0 aliphatic carbocycles. The smallest absolute Gasteiger partial charge is 0.431 e. The number of hydrogen-bond acceptors (Lipinski definition) is 27. The van der Waals surface area contributed by atoms with Crippen molar-refractivity contribution in [2.45, 2.75) is 86.8 Å². The van der Waals surface area contributed by atoms with Crippen LogP contribution >= 0.6 is 7.60 Å². The van der Waals surface area contributed by atoms with E-state index in [0.29, 0.717) is 43.2 Å². The number of carbonyl (C=O) groups excluding carboxylic acids is 3. The van der Waals surface area contributed by atoms with E-state index in [1.807, 2.05) is 30.4 Å². The minimum atomic E-state index is -4.84. The van der Waals surface area contributed by atoms with E-state index in [1.54, 1.807) is 16.4 Å². The van der Waals surface area contributed by atoms with E-state index in [2.05, 4.69) is 59.3 Å². The lowest BCUT2D eigenvalue weighted by Gasteiger charge is -2.17. The summed E-state index contributed by atoms with van der Waals surface area (Å²) in [4.78, 5) is 110. The highest BCUT2D eigenvalue weighted by Gasteiger charge is 2.36. The fourth-order valence-electron chi connectivity index (χ4n) is 7.84. The second-order valence-electron chi connectivity index (χ2n) is 21.3. The number of amides is 4. The molecule has 2 atom stereocenters. The Labute approximate surface area is 605 Å². The molecular formula is C60H74F6N13O22PS4. The van der Waals surface area contributed by atoms with Gasteiger partial charge in [-0.25, -0.2) is 55.0 Å². The number of ether oxygens (including phenoxy) is 6. The van der Waals surface area contributed by atoms with Gasteiger partial charge in [0, 0.05) is 31.3 Å². The molecule has 0 fully saturated rings. The van der Waals surface area contributed by atoms with Crippen LogP contribution in [-0.4, -0.2) is 176 Å². The molecule has 46 heteroatoms. The number of pyridine rings is 1. The molecule has 3 aromatic carbocycles. The minimum Gasteiger partial charge on any atom is -0.778 e. The maximum absolute atomic E-state index is 13.1. The number of carboxylic acid groups (broad SMARTS) is 1. The Bertz CT molecular complexity index is 4690. The zero-order valence-corrected chi connectivity index (χ0v) is 62.4. The quantitative estimate of drug-likeness (QED) is 0.0177. The summed E-state index contributed by atoms with van der Waals surface area (Å²) in [6, 6.07) is 18.0. The van der Waals surface area contributed by atoms with Crippen molar-refractivity contribution in [2.75, 3.05) is 76.4 Å². The molecule has 35 nitrogen and oxygen atoms in total. The number of aryl methyl sites for hydroxylation is 3. The number of sulfonamides is 2. The largest absolute Gasteiger partial charge is 0.778 e. The van der Waals surface area contributed by atoms with Crippen LogP contribution < -0.4 is 65.2 Å². The summed E-state index contributed by atoms with van der Waals surface area (Å²) < 4.78 is 196. The standard InChI is InChI=1S/C25H25F3N2O6.C15H16F3N5O4S.C14H17N5O7S2.C3H8NO5P.C3H9S/c1-5-16-6-7-17(20(12-16)36-15(2)23(32)34-4)14-35-19-10-8-18(9-11-19)30-22(31)13-21(25(26,27)28)29(3)24(30)33;1-9-19-12(22-14(20-9)27-2)21-13(24)23-28(25,26)11-6-4-3-5-10(11)7-8-15(16,17)18;1-4-27(21,22)9-6-5-7-15-12(9)28(23,24)19-14(20)18-13-16-10(25-2)8-11(17-13)26-3;5-3(6)1-4-2-10(7,8)9;1-4(2)3/h6-13,15H,5,14H2,1-4H3;3-6H,7-8H2,1-2H3,(H2,19,20,21,22,23,24);5-8H,4H2,1-3H3,(H2,16,17,18,19,20);4H,1-2H2,(H,5,6)(H2,7,8,9);1-3H3/q;;;;+1/p-1. The first-order chi connectivity index (χ1) is 49.2. The molecule has 0 radical (unpaired) electrons. The highest BCUT2D eigenvalue weighted by atomic mass is 32.2. The van der Waals surface area contributed by atoms with Crippen molar-refractivity contribution in [3.63, 3.8) is 0 Å². The van der Waals surface area contributed by atoms with Gasteiger partial charge in [-0.15, -0.1) is 0 Å². The Morgan fingerprint density at radius 2 is 1.30 bits per heavy atom. The minimum absolute atomic E-state index is 0.0612. The molecule has 0 aliphatic heterocycles. The molecule has 4 aromatic heterocycles. The van der Waals surface area contributed by atoms with Crippen LogP contribution in [0.15, 0.2) is 122 Å². The van der Waals surface area contributed by atoms with Crippen LogP contribution in [0.5, 0.6) is 29.3 Å². The summed E-state index contributed by atoms with van der Waals surface area (Å²) >= 11 is 0. The molecule has 7 N–H and O–H groups in total. The van der Waals surface area contributed by atoms with Gasteiger partial charge in [-0.2, -0.15) is 59.7 Å². The lowest BCUT2D eigenvalue weighted by Crippen LogP contribution is -2.40. The topological polar surface area (TPSA) is 488 Å². The number of carboxylic acids is 1. The van der Waals surface area contributed by atoms with Crippen molar-refractivity contribution in [3.05, 3.63) is 146 Å². The number of esters is 1. The molecule has 0 aliphatic rings. The molecular weight excluding hydrogens is 1530 g/mol. The van der Waals surface area contributed by atoms with Gasteiger partial charge in [0.2, 0.25) is 23.7 Å². The first-order valence-electron chi connectivity index (χ1n) is 29.9. The number of benzene rings is 3. The van der Waals surface area contributed by atoms with Crippen molar-refractivity contribution in [2.24, 2.45) is 7.05 Å². The number of carbonyl (C=O) groups is 4. The number of urea groups is 2. The Balaban J connectivity index is 0.000000381. The molecule has 2 unspecified atom stereocenters. The molecule has 0 spiro atoms. The second kappa shape index (κ2) is 40.4. The van der Waals surface area contributed by atoms with Crippen molar-refractivity contribution >= 4 is 84.3 Å². The van der Waals surface area contributed by atoms with E-state index in [4.69, 9.17) is 38.4 Å². The third-order valence-corrected chi connectivity index (χ3v) is 17.9. The first-order valence-corrected chi connectivity index (χ1v) is 38.7. The maximum Gasteiger partial charge on any atom is 0.431 e. The van der Waals surface area contributed by atoms with Gasteiger partial charge in [0.05, 0.1) is 82.4 Å². The van der Waals surface area contributed by atoms with Crippen LogP contribution in [-0.2, 0) is 92.3 Å². The van der Waals surface area contributed by atoms with Gasteiger partial charge in [0.1, 0.15) is 42.1 Å². The summed E-state index contributed by atoms with van der Waals surface area (Å²) in [7, 11) is -10.5. The summed E-state index contributed by atoms with van der Waals surface area (Å²) in [6.07, 6.45) is -4.13. The summed E-state index contributed by atoms with van der Waals surface area (Å²) in [5.41, 5.74) is -1.87. The number of aromatic nitrogens is 8. The van der Waals surface area contributed by atoms with Crippen LogP contribution in [0.3, 0.4) is 0 Å². The van der Waals surface area contributed by atoms with E-state index in [-0.39, 0.29) is 59.1 Å². The van der Waals surface area contributed by atoms with Gasteiger partial charge in [-0.3, -0.25) is 30.1 Å². The van der Waals surface area contributed by atoms with Crippen molar-refractivity contribution in [1.82, 2.24) is 53.8 Å². The summed E-state index contributed by atoms with van der Waals surface area (Å²) in [5.74, 6) is -1.43. The average Bonchev–Trinajstić information content (AvgIpc) is 0.781. The molecule has 0 bridgehead atoms. The monoisotopic (exact) mass is 1600 g/mol. The van der Waals surface area contributed by atoms with Gasteiger partial charge in [0.15, 0.2) is 21.0 Å². The van der Waals surface area contributed by atoms with Gasteiger partial charge >= 0.3 is 48.1 Å². The molecule has 0 saturated carbocycles. The number of anilines is 2. The molecule has 582 valence electrons. The zero-order chi connectivity index (χ0) is 80.3. The van der Waals surface area contributed by atoms with E-state index < -0.39 is 137 Å². The summed E-state index contributed by atoms with van der Waals surface area (Å²) in [5, 5.41) is 13.4. The molecule has 0 saturated heterocycles. The molecule has 7 rings (SSSR count). The fraction of sp³-hybridized carbons (Fsp3) is 0.367. The van der Waals surface area contributed by atoms with E-state index in [0.717, 1.165) is 37.4 Å². The fourth-order valence-corrected chi connectivity index (χ4v) is 12.0. The number of nitrogens with one attached hydrogen (secondary N) is 5. The summed E-state index contributed by atoms with van der Waals surface area (Å²) in [6.45, 7) is 6.01. The Morgan fingerprint density at radius 3 is 1.82 bits per heavy atom. The number of sulfone groups is 1. The van der Waals surface area contributed by atoms with Crippen molar-refractivity contribution in [1.29, 1.82) is 0 Å². The van der Waals surface area contributed by atoms with Crippen LogP contribution in [0.4, 0.5) is 47.8 Å². The van der Waals surface area contributed by atoms with Crippen molar-refractivity contribution in [3.8, 4) is 35.0 Å². The van der Waals surface area contributed by atoms with Crippen LogP contribution in [0.25, 0.3) is 5.69 Å². The first kappa shape index (κ1) is 90.2. The van der Waals surface area contributed by atoms with Crippen LogP contribution in [0.2, 0.25) is 0 Å². The lowest BCUT2D eigenvalue weighted by atomic mass is 10.1. The molecule has 4 heterocycles.